The maximum absolute atomic E-state index is 11.1. The quantitative estimate of drug-likeness (QED) is 0.680. The van der Waals surface area contributed by atoms with E-state index in [1.165, 1.54) is 10.7 Å². The summed E-state index contributed by atoms with van der Waals surface area (Å²) in [6.45, 7) is 5.85. The molecule has 0 atom stereocenters. The number of nitro benzene ring substituents is 1. The van der Waals surface area contributed by atoms with Crippen molar-refractivity contribution in [3.63, 3.8) is 0 Å². The molecule has 20 heavy (non-hydrogen) atoms. The summed E-state index contributed by atoms with van der Waals surface area (Å²) < 4.78 is 1.32. The molecule has 106 valence electrons. The highest BCUT2D eigenvalue weighted by Crippen LogP contribution is 2.35. The number of nitrogen functional groups attached to an aromatic ring is 1. The fourth-order valence-electron chi connectivity index (χ4n) is 1.87. The highest BCUT2D eigenvalue weighted by molar-refractivity contribution is 6.33. The molecule has 0 bridgehead atoms. The second-order valence-corrected chi connectivity index (χ2v) is 5.83. The minimum atomic E-state index is -0.471. The lowest BCUT2D eigenvalue weighted by Gasteiger charge is -2.15. The van der Waals surface area contributed by atoms with Crippen molar-refractivity contribution in [1.82, 2.24) is 9.78 Å². The third-order valence-electron chi connectivity index (χ3n) is 2.88. The number of nitrogens with zero attached hydrogens (tertiary/aromatic N) is 3. The molecule has 0 saturated heterocycles. The Labute approximate surface area is 121 Å². The topological polar surface area (TPSA) is 87.0 Å². The van der Waals surface area contributed by atoms with Gasteiger partial charge in [-0.25, -0.2) is 4.68 Å². The first kappa shape index (κ1) is 14.3. The Bertz CT molecular complexity index is 673. The fraction of sp³-hybridized carbons (Fsp3) is 0.308. The molecular formula is C13H15ClN4O2. The Hall–Kier alpha value is -2.08. The molecule has 1 aromatic carbocycles. The number of halogens is 1. The molecule has 7 heteroatoms. The average Bonchev–Trinajstić information content (AvgIpc) is 2.66. The lowest BCUT2D eigenvalue weighted by atomic mass is 9.92. The van der Waals surface area contributed by atoms with Crippen molar-refractivity contribution >= 4 is 23.1 Å². The number of benzene rings is 1. The standard InChI is InChI=1S/C13H15ClN4O2/c1-13(2,3)11-10(14)12(15)17(16-11)8-6-4-5-7-9(8)18(19)20/h4-7H,15H2,1-3H3. The lowest BCUT2D eigenvalue weighted by molar-refractivity contribution is -0.384. The van der Waals surface area contributed by atoms with Crippen LogP contribution in [-0.2, 0) is 5.41 Å². The van der Waals surface area contributed by atoms with E-state index < -0.39 is 4.92 Å². The molecule has 2 aromatic rings. The van der Waals surface area contributed by atoms with Gasteiger partial charge in [0.1, 0.15) is 16.5 Å². The van der Waals surface area contributed by atoms with Crippen molar-refractivity contribution in [2.24, 2.45) is 0 Å². The number of hydrogen-bond acceptors (Lipinski definition) is 4. The molecule has 0 spiro atoms. The SMILES string of the molecule is CC(C)(C)c1nn(-c2ccccc2[N+](=O)[O-])c(N)c1Cl. The van der Waals surface area contributed by atoms with Gasteiger partial charge >= 0.3 is 0 Å². The smallest absolute Gasteiger partial charge is 0.294 e. The second-order valence-electron chi connectivity index (χ2n) is 5.46. The van der Waals surface area contributed by atoms with Crippen LogP contribution in [0, 0.1) is 10.1 Å². The molecular weight excluding hydrogens is 280 g/mol. The van der Waals surface area contributed by atoms with E-state index in [-0.39, 0.29) is 16.9 Å². The molecule has 6 nitrogen and oxygen atoms in total. The van der Waals surface area contributed by atoms with E-state index in [9.17, 15) is 10.1 Å². The van der Waals surface area contributed by atoms with E-state index >= 15 is 0 Å². The van der Waals surface area contributed by atoms with E-state index in [0.717, 1.165) is 0 Å². The monoisotopic (exact) mass is 294 g/mol. The van der Waals surface area contributed by atoms with Crippen molar-refractivity contribution in [3.8, 4) is 5.69 Å². The number of nitrogens with two attached hydrogens (primary N) is 1. The molecule has 1 heterocycles. The van der Waals surface area contributed by atoms with Gasteiger partial charge in [-0.15, -0.1) is 0 Å². The number of anilines is 1. The summed E-state index contributed by atoms with van der Waals surface area (Å²) in [7, 11) is 0. The lowest BCUT2D eigenvalue weighted by Crippen LogP contribution is -2.13. The number of nitro groups is 1. The zero-order valence-electron chi connectivity index (χ0n) is 11.4. The summed E-state index contributed by atoms with van der Waals surface area (Å²) in [5, 5.41) is 15.8. The molecule has 1 aromatic heterocycles. The molecule has 0 unspecified atom stereocenters. The molecule has 0 fully saturated rings. The van der Waals surface area contributed by atoms with Crippen LogP contribution in [0.1, 0.15) is 26.5 Å². The Morgan fingerprint density at radius 2 is 1.95 bits per heavy atom. The molecule has 0 aliphatic rings. The van der Waals surface area contributed by atoms with E-state index in [2.05, 4.69) is 5.10 Å². The zero-order chi connectivity index (χ0) is 15.1. The van der Waals surface area contributed by atoms with Gasteiger partial charge in [-0.3, -0.25) is 10.1 Å². The first-order chi connectivity index (χ1) is 9.23. The largest absolute Gasteiger partial charge is 0.382 e. The van der Waals surface area contributed by atoms with Crippen molar-refractivity contribution in [2.45, 2.75) is 26.2 Å². The first-order valence-electron chi connectivity index (χ1n) is 6.01. The minimum absolute atomic E-state index is 0.0705. The van der Waals surface area contributed by atoms with Crippen LogP contribution in [0.3, 0.4) is 0 Å². The Balaban J connectivity index is 2.69. The van der Waals surface area contributed by atoms with Gasteiger partial charge < -0.3 is 5.73 Å². The maximum Gasteiger partial charge on any atom is 0.294 e. The van der Waals surface area contributed by atoms with Gasteiger partial charge in [0.25, 0.3) is 5.69 Å². The molecule has 2 N–H and O–H groups in total. The predicted molar refractivity (Wildman–Crippen MR) is 78.3 cm³/mol. The van der Waals surface area contributed by atoms with Crippen molar-refractivity contribution in [3.05, 3.63) is 45.1 Å². The summed E-state index contributed by atoms with van der Waals surface area (Å²) in [6.07, 6.45) is 0. The van der Waals surface area contributed by atoms with Gasteiger partial charge in [0.15, 0.2) is 0 Å². The van der Waals surface area contributed by atoms with E-state index in [1.807, 2.05) is 20.8 Å². The van der Waals surface area contributed by atoms with E-state index in [0.29, 0.717) is 16.4 Å². The van der Waals surface area contributed by atoms with Crippen LogP contribution in [0.5, 0.6) is 0 Å². The van der Waals surface area contributed by atoms with Gasteiger partial charge in [0.2, 0.25) is 0 Å². The van der Waals surface area contributed by atoms with Crippen LogP contribution in [-0.4, -0.2) is 14.7 Å². The summed E-state index contributed by atoms with van der Waals surface area (Å²) in [5.41, 5.74) is 6.48. The van der Waals surface area contributed by atoms with Crippen LogP contribution < -0.4 is 5.73 Å². The normalized spacial score (nSPS) is 11.6. The van der Waals surface area contributed by atoms with Gasteiger partial charge in [0, 0.05) is 11.5 Å². The highest BCUT2D eigenvalue weighted by Gasteiger charge is 2.27. The van der Waals surface area contributed by atoms with Crippen LogP contribution in [0.4, 0.5) is 11.5 Å². The third kappa shape index (κ3) is 2.34. The maximum atomic E-state index is 11.1. The van der Waals surface area contributed by atoms with Gasteiger partial charge in [0.05, 0.1) is 10.6 Å². The van der Waals surface area contributed by atoms with E-state index in [4.69, 9.17) is 17.3 Å². The van der Waals surface area contributed by atoms with Crippen molar-refractivity contribution < 1.29 is 4.92 Å². The molecule has 0 radical (unpaired) electrons. The summed E-state index contributed by atoms with van der Waals surface area (Å²) in [4.78, 5) is 10.6. The van der Waals surface area contributed by atoms with Gasteiger partial charge in [-0.05, 0) is 6.07 Å². The van der Waals surface area contributed by atoms with Crippen LogP contribution >= 0.6 is 11.6 Å². The van der Waals surface area contributed by atoms with E-state index in [1.54, 1.807) is 18.2 Å². The van der Waals surface area contributed by atoms with Gasteiger partial charge in [-0.1, -0.05) is 44.5 Å². The molecule has 0 saturated carbocycles. The number of hydrogen-bond donors (Lipinski definition) is 1. The Morgan fingerprint density at radius 1 is 1.35 bits per heavy atom. The third-order valence-corrected chi connectivity index (χ3v) is 3.25. The Kier molecular flexibility index (Phi) is 3.43. The fourth-order valence-corrected chi connectivity index (χ4v) is 2.27. The molecule has 2 rings (SSSR count). The second kappa shape index (κ2) is 4.79. The summed E-state index contributed by atoms with van der Waals surface area (Å²) >= 11 is 6.20. The van der Waals surface area contributed by atoms with Crippen LogP contribution in [0.25, 0.3) is 5.69 Å². The summed E-state index contributed by atoms with van der Waals surface area (Å²) in [5.74, 6) is 0.200. The van der Waals surface area contributed by atoms with Crippen molar-refractivity contribution in [2.75, 3.05) is 5.73 Å². The zero-order valence-corrected chi connectivity index (χ0v) is 12.2. The van der Waals surface area contributed by atoms with Gasteiger partial charge in [-0.2, -0.15) is 5.10 Å². The number of rotatable bonds is 2. The predicted octanol–water partition coefficient (Wildman–Crippen LogP) is 3.31. The molecule has 0 aliphatic carbocycles. The van der Waals surface area contributed by atoms with Crippen molar-refractivity contribution in [1.29, 1.82) is 0 Å². The first-order valence-corrected chi connectivity index (χ1v) is 6.39. The molecule has 0 aliphatic heterocycles. The number of para-hydroxylation sites is 2. The summed E-state index contributed by atoms with van der Waals surface area (Å²) in [6, 6.07) is 6.27. The number of aromatic nitrogens is 2. The Morgan fingerprint density at radius 3 is 2.45 bits per heavy atom. The molecule has 0 amide bonds. The van der Waals surface area contributed by atoms with Crippen LogP contribution in [0.2, 0.25) is 5.02 Å². The average molecular weight is 295 g/mol. The van der Waals surface area contributed by atoms with Crippen LogP contribution in [0.15, 0.2) is 24.3 Å². The minimum Gasteiger partial charge on any atom is -0.382 e. The highest BCUT2D eigenvalue weighted by atomic mass is 35.5.